The summed E-state index contributed by atoms with van der Waals surface area (Å²) in [4.78, 5) is 13.2. The molecule has 19 heavy (non-hydrogen) atoms. The molecule has 100 valence electrons. The Labute approximate surface area is 126 Å². The van der Waals surface area contributed by atoms with Crippen molar-refractivity contribution in [3.05, 3.63) is 55.8 Å². The maximum atomic E-state index is 12.1. The van der Waals surface area contributed by atoms with E-state index >= 15 is 0 Å². The van der Waals surface area contributed by atoms with Crippen molar-refractivity contribution in [2.24, 2.45) is 0 Å². The van der Waals surface area contributed by atoms with Crippen LogP contribution in [-0.4, -0.2) is 13.4 Å². The number of rotatable bonds is 3. The normalized spacial score (nSPS) is 11.3. The average Bonchev–Trinajstić information content (AvgIpc) is 2.33. The summed E-state index contributed by atoms with van der Waals surface area (Å²) in [6.07, 6.45) is 1.15. The van der Waals surface area contributed by atoms with Crippen molar-refractivity contribution >= 4 is 47.6 Å². The van der Waals surface area contributed by atoms with Gasteiger partial charge < -0.3 is 4.98 Å². The number of pyridine rings is 1. The molecule has 0 saturated carbocycles. The maximum Gasteiger partial charge on any atom is 0.263 e. The van der Waals surface area contributed by atoms with Crippen molar-refractivity contribution in [1.29, 1.82) is 0 Å². The smallest absolute Gasteiger partial charge is 0.263 e. The lowest BCUT2D eigenvalue weighted by molar-refractivity contribution is 0.600. The largest absolute Gasteiger partial charge is 0.328 e. The van der Waals surface area contributed by atoms with Crippen LogP contribution in [0.2, 0.25) is 0 Å². The van der Waals surface area contributed by atoms with Gasteiger partial charge in [0, 0.05) is 21.2 Å². The highest BCUT2D eigenvalue weighted by Crippen LogP contribution is 2.27. The Morgan fingerprint density at radius 1 is 1.11 bits per heavy atom. The first-order valence-corrected chi connectivity index (χ1v) is 8.12. The number of anilines is 1. The Morgan fingerprint density at radius 2 is 1.84 bits per heavy atom. The van der Waals surface area contributed by atoms with Crippen LogP contribution in [-0.2, 0) is 10.0 Å². The molecule has 1 aromatic carbocycles. The molecule has 5 nitrogen and oxygen atoms in total. The van der Waals surface area contributed by atoms with Gasteiger partial charge in [0.1, 0.15) is 4.90 Å². The van der Waals surface area contributed by atoms with Crippen molar-refractivity contribution in [2.75, 3.05) is 4.72 Å². The Balaban J connectivity index is 2.36. The predicted molar refractivity (Wildman–Crippen MR) is 79.7 cm³/mol. The minimum Gasteiger partial charge on any atom is -0.328 e. The van der Waals surface area contributed by atoms with Crippen LogP contribution < -0.4 is 10.3 Å². The maximum absolute atomic E-state index is 12.1. The van der Waals surface area contributed by atoms with Gasteiger partial charge in [-0.1, -0.05) is 15.9 Å². The number of sulfonamides is 1. The Morgan fingerprint density at radius 3 is 2.42 bits per heavy atom. The molecular weight excluding hydrogens is 400 g/mol. The van der Waals surface area contributed by atoms with Crippen LogP contribution in [0.5, 0.6) is 0 Å². The van der Waals surface area contributed by atoms with Crippen LogP contribution in [0.15, 0.2) is 55.2 Å². The number of hydrogen-bond donors (Lipinski definition) is 2. The van der Waals surface area contributed by atoms with E-state index in [1.54, 1.807) is 18.2 Å². The molecule has 0 amide bonds. The van der Waals surface area contributed by atoms with E-state index in [1.807, 2.05) is 0 Å². The van der Waals surface area contributed by atoms with Gasteiger partial charge in [-0.15, -0.1) is 0 Å². The van der Waals surface area contributed by atoms with Gasteiger partial charge in [0.05, 0.1) is 5.69 Å². The molecule has 0 saturated heterocycles. The van der Waals surface area contributed by atoms with E-state index in [0.717, 1.165) is 16.7 Å². The topological polar surface area (TPSA) is 79.0 Å². The first kappa shape index (κ1) is 14.3. The Kier molecular flexibility index (Phi) is 4.12. The van der Waals surface area contributed by atoms with Gasteiger partial charge in [-0.05, 0) is 40.2 Å². The molecule has 0 radical (unpaired) electrons. The molecule has 0 atom stereocenters. The summed E-state index contributed by atoms with van der Waals surface area (Å²) in [6.45, 7) is 0. The zero-order valence-electron chi connectivity index (χ0n) is 9.35. The lowest BCUT2D eigenvalue weighted by Gasteiger charge is -2.09. The van der Waals surface area contributed by atoms with Gasteiger partial charge in [-0.2, -0.15) is 0 Å². The van der Waals surface area contributed by atoms with E-state index in [4.69, 9.17) is 0 Å². The van der Waals surface area contributed by atoms with Crippen molar-refractivity contribution in [2.45, 2.75) is 4.90 Å². The second kappa shape index (κ2) is 5.48. The third kappa shape index (κ3) is 3.46. The first-order chi connectivity index (χ1) is 8.88. The van der Waals surface area contributed by atoms with Gasteiger partial charge in [-0.25, -0.2) is 8.42 Å². The fourth-order valence-electron chi connectivity index (χ4n) is 1.34. The zero-order valence-corrected chi connectivity index (χ0v) is 13.3. The fourth-order valence-corrected chi connectivity index (χ4v) is 3.66. The van der Waals surface area contributed by atoms with Crippen molar-refractivity contribution in [1.82, 2.24) is 4.98 Å². The van der Waals surface area contributed by atoms with Crippen LogP contribution >= 0.6 is 31.9 Å². The molecule has 2 N–H and O–H groups in total. The number of aromatic nitrogens is 1. The lowest BCUT2D eigenvalue weighted by Crippen LogP contribution is -2.15. The van der Waals surface area contributed by atoms with Gasteiger partial charge in [0.2, 0.25) is 5.56 Å². The highest BCUT2D eigenvalue weighted by atomic mass is 79.9. The number of H-pyrrole nitrogens is 1. The minimum atomic E-state index is -3.73. The summed E-state index contributed by atoms with van der Waals surface area (Å²) in [5.74, 6) is 0. The Hall–Kier alpha value is -1.12. The van der Waals surface area contributed by atoms with E-state index in [2.05, 4.69) is 41.6 Å². The molecule has 0 spiro atoms. The SMILES string of the molecule is O=c1ccc(S(=O)(=O)Nc2ccc(Br)cc2Br)c[nH]1. The highest BCUT2D eigenvalue weighted by Gasteiger charge is 2.15. The number of benzene rings is 1. The first-order valence-electron chi connectivity index (χ1n) is 5.05. The molecule has 0 aliphatic carbocycles. The molecule has 0 unspecified atom stereocenters. The van der Waals surface area contributed by atoms with E-state index < -0.39 is 10.0 Å². The summed E-state index contributed by atoms with van der Waals surface area (Å²) in [7, 11) is -3.73. The molecule has 0 bridgehead atoms. The number of hydrogen-bond acceptors (Lipinski definition) is 3. The average molecular weight is 408 g/mol. The molecule has 8 heteroatoms. The van der Waals surface area contributed by atoms with Gasteiger partial charge in [0.25, 0.3) is 10.0 Å². The highest BCUT2D eigenvalue weighted by molar-refractivity contribution is 9.11. The third-order valence-electron chi connectivity index (χ3n) is 2.24. The monoisotopic (exact) mass is 406 g/mol. The van der Waals surface area contributed by atoms with Crippen LogP contribution in [0.4, 0.5) is 5.69 Å². The number of nitrogens with one attached hydrogen (secondary N) is 2. The second-order valence-corrected chi connectivity index (χ2v) is 7.07. The second-order valence-electron chi connectivity index (χ2n) is 3.62. The molecule has 0 aliphatic heterocycles. The molecule has 0 fully saturated rings. The minimum absolute atomic E-state index is 0.0121. The summed E-state index contributed by atoms with van der Waals surface area (Å²) < 4.78 is 28.0. The number of halogens is 2. The summed E-state index contributed by atoms with van der Waals surface area (Å²) in [5.41, 5.74) is 0.0539. The van der Waals surface area contributed by atoms with Gasteiger partial charge in [0.15, 0.2) is 0 Å². The van der Waals surface area contributed by atoms with Crippen LogP contribution in [0.25, 0.3) is 0 Å². The molecule has 2 aromatic rings. The van der Waals surface area contributed by atoms with Crippen LogP contribution in [0.3, 0.4) is 0 Å². The van der Waals surface area contributed by atoms with Crippen LogP contribution in [0, 0.1) is 0 Å². The zero-order chi connectivity index (χ0) is 14.0. The van der Waals surface area contributed by atoms with Gasteiger partial charge >= 0.3 is 0 Å². The molecule has 0 aliphatic rings. The molecule has 2 rings (SSSR count). The van der Waals surface area contributed by atoms with E-state index in [0.29, 0.717) is 10.2 Å². The third-order valence-corrected chi connectivity index (χ3v) is 4.75. The molecular formula is C11H8Br2N2O3S. The van der Waals surface area contributed by atoms with Gasteiger partial charge in [-0.3, -0.25) is 9.52 Å². The predicted octanol–water partition coefficient (Wildman–Crippen LogP) is 2.70. The van der Waals surface area contributed by atoms with E-state index in [1.165, 1.54) is 6.07 Å². The standard InChI is InChI=1S/C11H8Br2N2O3S/c12-7-1-3-10(9(13)5-7)15-19(17,18)8-2-4-11(16)14-6-8/h1-6,15H,(H,14,16). The van der Waals surface area contributed by atoms with Crippen molar-refractivity contribution < 1.29 is 8.42 Å². The summed E-state index contributed by atoms with van der Waals surface area (Å²) in [5, 5.41) is 0. The Bertz CT molecular complexity index is 751. The van der Waals surface area contributed by atoms with E-state index in [-0.39, 0.29) is 10.5 Å². The van der Waals surface area contributed by atoms with E-state index in [9.17, 15) is 13.2 Å². The van der Waals surface area contributed by atoms with Crippen LogP contribution in [0.1, 0.15) is 0 Å². The molecule has 1 aromatic heterocycles. The van der Waals surface area contributed by atoms with Crippen molar-refractivity contribution in [3.63, 3.8) is 0 Å². The van der Waals surface area contributed by atoms with Crippen molar-refractivity contribution in [3.8, 4) is 0 Å². The quantitative estimate of drug-likeness (QED) is 0.820. The summed E-state index contributed by atoms with van der Waals surface area (Å²) in [6, 6.07) is 7.47. The number of aromatic amines is 1. The summed E-state index contributed by atoms with van der Waals surface area (Å²) >= 11 is 6.55. The fraction of sp³-hybridized carbons (Fsp3) is 0. The lowest BCUT2D eigenvalue weighted by atomic mass is 10.3. The molecule has 1 heterocycles.